The fourth-order valence-electron chi connectivity index (χ4n) is 2.03. The molecular weight excluding hydrogens is 350 g/mol. The van der Waals surface area contributed by atoms with E-state index in [0.29, 0.717) is 5.02 Å². The van der Waals surface area contributed by atoms with Gasteiger partial charge in [-0.3, -0.25) is 4.79 Å². The Morgan fingerprint density at radius 3 is 2.17 bits per heavy atom. The molecule has 8 heteroatoms. The second-order valence-electron chi connectivity index (χ2n) is 5.14. The summed E-state index contributed by atoms with van der Waals surface area (Å²) in [5.74, 6) is -0.376. The Bertz CT molecular complexity index is 886. The molecular formula is C16H16ClN3O3S. The lowest BCUT2D eigenvalue weighted by Crippen LogP contribution is -2.13. The molecule has 1 aromatic heterocycles. The molecule has 24 heavy (non-hydrogen) atoms. The lowest BCUT2D eigenvalue weighted by atomic mass is 10.3. The van der Waals surface area contributed by atoms with E-state index in [0.717, 1.165) is 17.6 Å². The molecule has 1 N–H and O–H groups in total. The number of hydrogen-bond acceptors (Lipinski definition) is 6. The number of nitrogens with one attached hydrogen (secondary N) is 1. The van der Waals surface area contributed by atoms with Crippen molar-refractivity contribution >= 4 is 33.2 Å². The number of aryl methyl sites for hydroxylation is 2. The van der Waals surface area contributed by atoms with Crippen LogP contribution < -0.4 is 5.32 Å². The molecule has 0 saturated heterocycles. The van der Waals surface area contributed by atoms with E-state index in [1.807, 2.05) is 0 Å². The van der Waals surface area contributed by atoms with Crippen LogP contribution in [-0.2, 0) is 14.6 Å². The van der Waals surface area contributed by atoms with Crippen molar-refractivity contribution in [3.8, 4) is 0 Å². The van der Waals surface area contributed by atoms with Crippen molar-refractivity contribution in [2.45, 2.75) is 25.7 Å². The highest BCUT2D eigenvalue weighted by Gasteiger charge is 2.24. The first-order valence-electron chi connectivity index (χ1n) is 7.01. The number of hydrogen-bond donors (Lipinski definition) is 1. The number of nitrogens with zero attached hydrogens (tertiary/aromatic N) is 2. The number of allylic oxidation sites excluding steroid dienone is 1. The summed E-state index contributed by atoms with van der Waals surface area (Å²) >= 11 is 5.77. The molecule has 0 aliphatic rings. The standard InChI is InChI=1S/C16H16ClN3O3S/c1-10-8-11(2)20-16(19-10)18-9-15(12(3)21)24(22,23)14-6-4-13(17)5-7-14/h4-9H,1-3H3,(H,18,19,20)/b15-9-. The van der Waals surface area contributed by atoms with Crippen molar-refractivity contribution in [2.24, 2.45) is 0 Å². The highest BCUT2D eigenvalue weighted by Crippen LogP contribution is 2.22. The number of carbonyl (C=O) groups is 1. The first-order valence-corrected chi connectivity index (χ1v) is 8.87. The number of carbonyl (C=O) groups excluding carboxylic acids is 1. The minimum atomic E-state index is -3.97. The summed E-state index contributed by atoms with van der Waals surface area (Å²) in [5, 5.41) is 3.09. The van der Waals surface area contributed by atoms with E-state index in [-0.39, 0.29) is 15.7 Å². The maximum Gasteiger partial charge on any atom is 0.227 e. The van der Waals surface area contributed by atoms with Gasteiger partial charge in [0.25, 0.3) is 0 Å². The molecule has 0 radical (unpaired) electrons. The Balaban J connectivity index is 2.41. The Labute approximate surface area is 145 Å². The number of ketones is 1. The van der Waals surface area contributed by atoms with Crippen LogP contribution in [0.2, 0.25) is 5.02 Å². The van der Waals surface area contributed by atoms with Gasteiger partial charge in [0.1, 0.15) is 4.91 Å². The predicted octanol–water partition coefficient (Wildman–Crippen LogP) is 3.06. The van der Waals surface area contributed by atoms with Gasteiger partial charge in [0.05, 0.1) is 4.90 Å². The summed E-state index contributed by atoms with van der Waals surface area (Å²) < 4.78 is 25.3. The van der Waals surface area contributed by atoms with Crippen molar-refractivity contribution in [3.05, 3.63) is 57.8 Å². The number of sulfone groups is 1. The van der Waals surface area contributed by atoms with Crippen LogP contribution in [-0.4, -0.2) is 24.2 Å². The quantitative estimate of drug-likeness (QED) is 0.819. The molecule has 1 aromatic carbocycles. The summed E-state index contributed by atoms with van der Waals surface area (Å²) in [6, 6.07) is 7.38. The largest absolute Gasteiger partial charge is 0.329 e. The fraction of sp³-hybridized carbons (Fsp3) is 0.188. The first-order chi connectivity index (χ1) is 11.2. The van der Waals surface area contributed by atoms with Crippen molar-refractivity contribution in [3.63, 3.8) is 0 Å². The summed E-state index contributed by atoms with van der Waals surface area (Å²) in [6.07, 6.45) is 1.11. The van der Waals surface area contributed by atoms with Crippen LogP contribution in [0.5, 0.6) is 0 Å². The van der Waals surface area contributed by atoms with Crippen LogP contribution in [0.1, 0.15) is 18.3 Å². The summed E-state index contributed by atoms with van der Waals surface area (Å²) in [6.45, 7) is 4.77. The lowest BCUT2D eigenvalue weighted by Gasteiger charge is -2.08. The zero-order valence-electron chi connectivity index (χ0n) is 13.4. The zero-order chi connectivity index (χ0) is 17.9. The van der Waals surface area contributed by atoms with Gasteiger partial charge in [0.15, 0.2) is 5.78 Å². The molecule has 6 nitrogen and oxygen atoms in total. The average molecular weight is 366 g/mol. The molecule has 2 rings (SSSR count). The third-order valence-corrected chi connectivity index (χ3v) is 5.20. The Hall–Kier alpha value is -2.25. The van der Waals surface area contributed by atoms with Gasteiger partial charge >= 0.3 is 0 Å². The Kier molecular flexibility index (Phi) is 5.36. The van der Waals surface area contributed by atoms with Crippen molar-refractivity contribution in [2.75, 3.05) is 5.32 Å². The third kappa shape index (κ3) is 4.18. The molecule has 0 aliphatic heterocycles. The second-order valence-corrected chi connectivity index (χ2v) is 7.50. The van der Waals surface area contributed by atoms with Crippen molar-refractivity contribution in [1.29, 1.82) is 0 Å². The normalized spacial score (nSPS) is 12.1. The van der Waals surface area contributed by atoms with Gasteiger partial charge in [-0.1, -0.05) is 11.6 Å². The van der Waals surface area contributed by atoms with E-state index in [1.165, 1.54) is 31.2 Å². The number of anilines is 1. The number of rotatable bonds is 5. The van der Waals surface area contributed by atoms with Gasteiger partial charge in [-0.25, -0.2) is 18.4 Å². The van der Waals surface area contributed by atoms with E-state index in [1.54, 1.807) is 19.9 Å². The Morgan fingerprint density at radius 2 is 1.67 bits per heavy atom. The SMILES string of the molecule is CC(=O)/C(=C/Nc1nc(C)cc(C)n1)S(=O)(=O)c1ccc(Cl)cc1. The molecule has 0 bridgehead atoms. The second kappa shape index (κ2) is 7.11. The fourth-order valence-corrected chi connectivity index (χ4v) is 3.50. The van der Waals surface area contributed by atoms with E-state index in [9.17, 15) is 13.2 Å². The van der Waals surface area contributed by atoms with Crippen LogP contribution in [0.4, 0.5) is 5.95 Å². The molecule has 0 atom stereocenters. The van der Waals surface area contributed by atoms with Crippen LogP contribution >= 0.6 is 11.6 Å². The van der Waals surface area contributed by atoms with Crippen LogP contribution in [0.15, 0.2) is 46.3 Å². The van der Waals surface area contributed by atoms with Gasteiger partial charge in [-0.15, -0.1) is 0 Å². The van der Waals surface area contributed by atoms with E-state index >= 15 is 0 Å². The van der Waals surface area contributed by atoms with E-state index in [2.05, 4.69) is 15.3 Å². The van der Waals surface area contributed by atoms with Crippen molar-refractivity contribution < 1.29 is 13.2 Å². The maximum absolute atomic E-state index is 12.6. The van der Waals surface area contributed by atoms with Crippen molar-refractivity contribution in [1.82, 2.24) is 9.97 Å². The number of benzene rings is 1. The summed E-state index contributed by atoms with van der Waals surface area (Å²) in [5.41, 5.74) is 1.45. The third-order valence-electron chi connectivity index (χ3n) is 3.08. The number of halogens is 1. The van der Waals surface area contributed by atoms with Crippen LogP contribution in [0.25, 0.3) is 0 Å². The van der Waals surface area contributed by atoms with E-state index in [4.69, 9.17) is 11.6 Å². The van der Waals surface area contributed by atoms with Crippen LogP contribution in [0, 0.1) is 13.8 Å². The van der Waals surface area contributed by atoms with Gasteiger partial charge in [0, 0.05) is 22.6 Å². The topological polar surface area (TPSA) is 89.0 Å². The Morgan fingerprint density at radius 1 is 1.12 bits per heavy atom. The van der Waals surface area contributed by atoms with Gasteiger partial charge in [-0.2, -0.15) is 0 Å². The zero-order valence-corrected chi connectivity index (χ0v) is 14.9. The maximum atomic E-state index is 12.6. The molecule has 0 amide bonds. The molecule has 0 fully saturated rings. The molecule has 0 unspecified atom stereocenters. The predicted molar refractivity (Wildman–Crippen MR) is 92.5 cm³/mol. The number of Topliss-reactive ketones (excluding diaryl/α,β-unsaturated/α-hetero) is 1. The summed E-state index contributed by atoms with van der Waals surface area (Å²) in [4.78, 5) is 19.7. The van der Waals surface area contributed by atoms with Gasteiger partial charge in [0.2, 0.25) is 15.8 Å². The molecule has 126 valence electrons. The average Bonchev–Trinajstić information content (AvgIpc) is 2.46. The molecule has 1 heterocycles. The molecule has 0 aliphatic carbocycles. The highest BCUT2D eigenvalue weighted by atomic mass is 35.5. The summed E-state index contributed by atoms with van der Waals surface area (Å²) in [7, 11) is -3.97. The minimum absolute atomic E-state index is 0.0171. The van der Waals surface area contributed by atoms with Gasteiger partial charge < -0.3 is 5.32 Å². The molecule has 0 spiro atoms. The molecule has 0 saturated carbocycles. The lowest BCUT2D eigenvalue weighted by molar-refractivity contribution is -0.113. The highest BCUT2D eigenvalue weighted by molar-refractivity contribution is 7.96. The smallest absolute Gasteiger partial charge is 0.227 e. The first kappa shape index (κ1) is 18.1. The minimum Gasteiger partial charge on any atom is -0.329 e. The van der Waals surface area contributed by atoms with E-state index < -0.39 is 15.6 Å². The van der Waals surface area contributed by atoms with Gasteiger partial charge in [-0.05, 0) is 51.1 Å². The molecule has 2 aromatic rings. The number of aromatic nitrogens is 2. The monoisotopic (exact) mass is 365 g/mol. The van der Waals surface area contributed by atoms with Crippen LogP contribution in [0.3, 0.4) is 0 Å².